The van der Waals surface area contributed by atoms with Crippen molar-refractivity contribution in [3.05, 3.63) is 30.1 Å². The third-order valence-corrected chi connectivity index (χ3v) is 2.17. The van der Waals surface area contributed by atoms with Crippen LogP contribution in [0.5, 0.6) is 0 Å². The molecule has 0 aromatic carbocycles. The summed E-state index contributed by atoms with van der Waals surface area (Å²) in [6.07, 6.45) is -1.12. The molecule has 0 fully saturated rings. The zero-order valence-corrected chi connectivity index (χ0v) is 9.79. The van der Waals surface area contributed by atoms with Gasteiger partial charge in [0.1, 0.15) is 0 Å². The number of halogens is 3. The number of hydrogen-bond donors (Lipinski definition) is 2. The molecule has 1 rings (SSSR count). The molecule has 0 aliphatic rings. The molecular weight excluding hydrogens is 247 g/mol. The Morgan fingerprint density at radius 2 is 2.22 bits per heavy atom. The van der Waals surface area contributed by atoms with E-state index in [2.05, 4.69) is 10.3 Å². The molecule has 0 saturated heterocycles. The van der Waals surface area contributed by atoms with Crippen molar-refractivity contribution in [2.75, 3.05) is 13.1 Å². The maximum Gasteiger partial charge on any atom is 0.401 e. The molecular formula is C11H14F3N3O. The smallest absolute Gasteiger partial charge is 0.348 e. The first-order valence-corrected chi connectivity index (χ1v) is 5.35. The fourth-order valence-electron chi connectivity index (χ4n) is 1.33. The molecule has 0 saturated carbocycles. The summed E-state index contributed by atoms with van der Waals surface area (Å²) in [4.78, 5) is 15.2. The minimum atomic E-state index is -4.31. The first kappa shape index (κ1) is 14.4. The van der Waals surface area contributed by atoms with Gasteiger partial charge in [0.15, 0.2) is 0 Å². The molecule has 2 N–H and O–H groups in total. The second kappa shape index (κ2) is 6.34. The number of pyridine rings is 1. The van der Waals surface area contributed by atoms with Gasteiger partial charge in [0.2, 0.25) is 5.91 Å². The molecule has 18 heavy (non-hydrogen) atoms. The summed E-state index contributed by atoms with van der Waals surface area (Å²) in [7, 11) is 0. The van der Waals surface area contributed by atoms with Crippen molar-refractivity contribution < 1.29 is 18.0 Å². The summed E-state index contributed by atoms with van der Waals surface area (Å²) >= 11 is 0. The lowest BCUT2D eigenvalue weighted by molar-refractivity contribution is -0.128. The standard InChI is InChI=1S/C11H14F3N3O/c1-8(9-3-2-4-15-5-9)17-10(18)6-16-7-11(12,13)14/h2-5,8,16H,6-7H2,1H3,(H,17,18)/t8-/m1/s1. The van der Waals surface area contributed by atoms with Gasteiger partial charge in [-0.05, 0) is 18.6 Å². The maximum atomic E-state index is 11.8. The highest BCUT2D eigenvalue weighted by Crippen LogP contribution is 2.12. The van der Waals surface area contributed by atoms with Gasteiger partial charge in [-0.3, -0.25) is 9.78 Å². The summed E-state index contributed by atoms with van der Waals surface area (Å²) in [5.74, 6) is -0.490. The summed E-state index contributed by atoms with van der Waals surface area (Å²) in [5.41, 5.74) is 0.793. The van der Waals surface area contributed by atoms with E-state index in [-0.39, 0.29) is 12.6 Å². The van der Waals surface area contributed by atoms with Crippen LogP contribution in [0.3, 0.4) is 0 Å². The Morgan fingerprint density at radius 3 is 2.78 bits per heavy atom. The average Bonchev–Trinajstić information content (AvgIpc) is 2.28. The van der Waals surface area contributed by atoms with Gasteiger partial charge >= 0.3 is 6.18 Å². The fraction of sp³-hybridized carbons (Fsp3) is 0.455. The van der Waals surface area contributed by atoms with Gasteiger partial charge in [-0.25, -0.2) is 0 Å². The molecule has 0 radical (unpaired) electrons. The second-order valence-electron chi connectivity index (χ2n) is 3.79. The summed E-state index contributed by atoms with van der Waals surface area (Å²) in [6.45, 7) is 0.185. The van der Waals surface area contributed by atoms with Gasteiger partial charge in [0, 0.05) is 12.4 Å². The lowest BCUT2D eigenvalue weighted by Crippen LogP contribution is -2.39. The van der Waals surface area contributed by atoms with Crippen molar-refractivity contribution in [3.63, 3.8) is 0 Å². The first-order chi connectivity index (χ1) is 8.38. The number of rotatable bonds is 5. The molecule has 4 nitrogen and oxygen atoms in total. The summed E-state index contributed by atoms with van der Waals surface area (Å²) < 4.78 is 35.5. The average molecular weight is 261 g/mol. The number of aromatic nitrogens is 1. The van der Waals surface area contributed by atoms with E-state index in [0.29, 0.717) is 0 Å². The maximum absolute atomic E-state index is 11.8. The highest BCUT2D eigenvalue weighted by atomic mass is 19.4. The van der Waals surface area contributed by atoms with Crippen LogP contribution in [0.1, 0.15) is 18.5 Å². The van der Waals surface area contributed by atoms with E-state index in [1.54, 1.807) is 31.5 Å². The van der Waals surface area contributed by atoms with Crippen LogP contribution in [-0.2, 0) is 4.79 Å². The Labute approximate surface area is 103 Å². The third-order valence-electron chi connectivity index (χ3n) is 2.17. The number of hydrogen-bond acceptors (Lipinski definition) is 3. The van der Waals surface area contributed by atoms with Gasteiger partial charge in [-0.2, -0.15) is 13.2 Å². The van der Waals surface area contributed by atoms with Crippen LogP contribution in [0.15, 0.2) is 24.5 Å². The van der Waals surface area contributed by atoms with Crippen LogP contribution >= 0.6 is 0 Å². The monoisotopic (exact) mass is 261 g/mol. The number of carbonyl (C=O) groups is 1. The Bertz CT molecular complexity index is 381. The van der Waals surface area contributed by atoms with E-state index >= 15 is 0 Å². The van der Waals surface area contributed by atoms with E-state index in [0.717, 1.165) is 5.56 Å². The molecule has 1 amide bonds. The zero-order chi connectivity index (χ0) is 13.6. The van der Waals surface area contributed by atoms with E-state index < -0.39 is 18.6 Å². The molecule has 1 aromatic heterocycles. The molecule has 1 heterocycles. The Hall–Kier alpha value is -1.63. The van der Waals surface area contributed by atoms with Crippen molar-refractivity contribution in [1.82, 2.24) is 15.6 Å². The van der Waals surface area contributed by atoms with Crippen LogP contribution < -0.4 is 10.6 Å². The van der Waals surface area contributed by atoms with E-state index in [4.69, 9.17) is 0 Å². The topological polar surface area (TPSA) is 54.0 Å². The van der Waals surface area contributed by atoms with Gasteiger partial charge in [0.05, 0.1) is 19.1 Å². The first-order valence-electron chi connectivity index (χ1n) is 5.35. The molecule has 0 spiro atoms. The van der Waals surface area contributed by atoms with Crippen LogP contribution in [-0.4, -0.2) is 30.2 Å². The lowest BCUT2D eigenvalue weighted by atomic mass is 10.1. The zero-order valence-electron chi connectivity index (χ0n) is 9.79. The molecule has 0 unspecified atom stereocenters. The molecule has 0 aliphatic heterocycles. The van der Waals surface area contributed by atoms with E-state index in [9.17, 15) is 18.0 Å². The minimum Gasteiger partial charge on any atom is -0.348 e. The van der Waals surface area contributed by atoms with Gasteiger partial charge in [-0.15, -0.1) is 0 Å². The van der Waals surface area contributed by atoms with Gasteiger partial charge in [-0.1, -0.05) is 6.07 Å². The number of amides is 1. The normalized spacial score (nSPS) is 13.1. The summed E-state index contributed by atoms with van der Waals surface area (Å²) in [6, 6.07) is 3.21. The molecule has 0 bridgehead atoms. The Morgan fingerprint density at radius 1 is 1.50 bits per heavy atom. The van der Waals surface area contributed by atoms with Crippen molar-refractivity contribution in [2.45, 2.75) is 19.1 Å². The SMILES string of the molecule is C[C@@H](NC(=O)CNCC(F)(F)F)c1cccnc1. The largest absolute Gasteiger partial charge is 0.401 e. The van der Waals surface area contributed by atoms with Crippen LogP contribution in [0.4, 0.5) is 13.2 Å². The van der Waals surface area contributed by atoms with Crippen LogP contribution in [0.2, 0.25) is 0 Å². The van der Waals surface area contributed by atoms with Crippen molar-refractivity contribution >= 4 is 5.91 Å². The van der Waals surface area contributed by atoms with Crippen molar-refractivity contribution in [2.24, 2.45) is 0 Å². The van der Waals surface area contributed by atoms with Gasteiger partial charge in [0.25, 0.3) is 0 Å². The highest BCUT2D eigenvalue weighted by Gasteiger charge is 2.26. The second-order valence-corrected chi connectivity index (χ2v) is 3.79. The number of nitrogens with one attached hydrogen (secondary N) is 2. The van der Waals surface area contributed by atoms with E-state index in [1.807, 2.05) is 5.32 Å². The predicted octanol–water partition coefficient (Wildman–Crippen LogP) is 1.41. The fourth-order valence-corrected chi connectivity index (χ4v) is 1.33. The predicted molar refractivity (Wildman–Crippen MR) is 59.7 cm³/mol. The lowest BCUT2D eigenvalue weighted by Gasteiger charge is -2.14. The Kier molecular flexibility index (Phi) is 5.08. The molecule has 100 valence electrons. The van der Waals surface area contributed by atoms with Gasteiger partial charge < -0.3 is 10.6 Å². The van der Waals surface area contributed by atoms with Crippen molar-refractivity contribution in [1.29, 1.82) is 0 Å². The Balaban J connectivity index is 2.32. The van der Waals surface area contributed by atoms with E-state index in [1.165, 1.54) is 0 Å². The highest BCUT2D eigenvalue weighted by molar-refractivity contribution is 5.78. The quantitative estimate of drug-likeness (QED) is 0.842. The minimum absolute atomic E-state index is 0.293. The number of nitrogens with zero attached hydrogens (tertiary/aromatic N) is 1. The van der Waals surface area contributed by atoms with Crippen molar-refractivity contribution in [3.8, 4) is 0 Å². The molecule has 1 aromatic rings. The third kappa shape index (κ3) is 5.62. The summed E-state index contributed by atoms with van der Waals surface area (Å²) in [5, 5.41) is 4.60. The van der Waals surface area contributed by atoms with Crippen LogP contribution in [0, 0.1) is 0 Å². The number of alkyl halides is 3. The molecule has 7 heteroatoms. The number of carbonyl (C=O) groups excluding carboxylic acids is 1. The van der Waals surface area contributed by atoms with Crippen LogP contribution in [0.25, 0.3) is 0 Å². The molecule has 1 atom stereocenters. The molecule has 0 aliphatic carbocycles.